The van der Waals surface area contributed by atoms with Gasteiger partial charge in [-0.15, -0.1) is 0 Å². The molecule has 1 fully saturated rings. The summed E-state index contributed by atoms with van der Waals surface area (Å²) in [6, 6.07) is 1.94. The Morgan fingerprint density at radius 2 is 2.21 bits per heavy atom. The van der Waals surface area contributed by atoms with Gasteiger partial charge in [0.15, 0.2) is 0 Å². The van der Waals surface area contributed by atoms with Crippen molar-refractivity contribution in [2.75, 3.05) is 0 Å². The van der Waals surface area contributed by atoms with Gasteiger partial charge in [0.1, 0.15) is 6.10 Å². The van der Waals surface area contributed by atoms with Crippen molar-refractivity contribution >= 4 is 11.6 Å². The Labute approximate surface area is 89.3 Å². The number of nitrogens with zero attached hydrogens (tertiary/aromatic N) is 1. The Bertz CT molecular complexity index is 334. The van der Waals surface area contributed by atoms with Crippen LogP contribution in [0.25, 0.3) is 0 Å². The lowest BCUT2D eigenvalue weighted by Gasteiger charge is -2.12. The fourth-order valence-electron chi connectivity index (χ4n) is 1.30. The van der Waals surface area contributed by atoms with Gasteiger partial charge in [0.25, 0.3) is 0 Å². The summed E-state index contributed by atoms with van der Waals surface area (Å²) in [5.41, 5.74) is 1.10. The first-order valence-corrected chi connectivity index (χ1v) is 5.36. The molecule has 1 aromatic rings. The Balaban J connectivity index is 2.26. The van der Waals surface area contributed by atoms with Crippen LogP contribution in [-0.4, -0.2) is 11.1 Å². The summed E-state index contributed by atoms with van der Waals surface area (Å²) >= 11 is 5.90. The number of ether oxygens (including phenoxy) is 1. The minimum atomic E-state index is 0.390. The second-order valence-corrected chi connectivity index (χ2v) is 4.46. The Morgan fingerprint density at radius 3 is 2.79 bits per heavy atom. The number of pyridine rings is 1. The molecule has 2 rings (SSSR count). The number of aromatic nitrogens is 1. The third-order valence-corrected chi connectivity index (χ3v) is 2.48. The molecule has 0 amide bonds. The van der Waals surface area contributed by atoms with Crippen molar-refractivity contribution in [2.45, 2.75) is 38.7 Å². The predicted octanol–water partition coefficient (Wildman–Crippen LogP) is 3.40. The van der Waals surface area contributed by atoms with Crippen LogP contribution in [0, 0.1) is 0 Å². The summed E-state index contributed by atoms with van der Waals surface area (Å²) in [5.74, 6) is 1.15. The van der Waals surface area contributed by atoms with Gasteiger partial charge in [-0.2, -0.15) is 0 Å². The Hall–Kier alpha value is -0.760. The fraction of sp³-hybridized carbons (Fsp3) is 0.545. The molecule has 1 heterocycles. The third kappa shape index (κ3) is 2.18. The zero-order valence-corrected chi connectivity index (χ0v) is 9.21. The van der Waals surface area contributed by atoms with E-state index in [1.807, 2.05) is 6.07 Å². The lowest BCUT2D eigenvalue weighted by molar-refractivity contribution is 0.286. The number of rotatable bonds is 3. The Kier molecular flexibility index (Phi) is 2.64. The average Bonchev–Trinajstić information content (AvgIpc) is 2.91. The summed E-state index contributed by atoms with van der Waals surface area (Å²) in [6.45, 7) is 4.24. The highest BCUT2D eigenvalue weighted by Gasteiger charge is 2.25. The number of hydrogen-bond donors (Lipinski definition) is 0. The molecule has 0 aliphatic heterocycles. The van der Waals surface area contributed by atoms with E-state index in [-0.39, 0.29) is 0 Å². The van der Waals surface area contributed by atoms with Gasteiger partial charge < -0.3 is 4.74 Å². The average molecular weight is 212 g/mol. The van der Waals surface area contributed by atoms with Gasteiger partial charge in [0, 0.05) is 11.8 Å². The number of halogens is 1. The van der Waals surface area contributed by atoms with Gasteiger partial charge in [-0.3, -0.25) is 0 Å². The first-order valence-electron chi connectivity index (χ1n) is 4.99. The first-order chi connectivity index (χ1) is 6.66. The van der Waals surface area contributed by atoms with Gasteiger partial charge in [0.2, 0.25) is 5.88 Å². The molecule has 1 saturated carbocycles. The van der Waals surface area contributed by atoms with Crippen molar-refractivity contribution in [2.24, 2.45) is 0 Å². The fourth-order valence-corrected chi connectivity index (χ4v) is 1.46. The van der Waals surface area contributed by atoms with Crippen LogP contribution in [0.1, 0.15) is 38.2 Å². The SMILES string of the molecule is CC(C)c1cc(Cl)cnc1OC1CC1. The van der Waals surface area contributed by atoms with E-state index in [1.54, 1.807) is 6.20 Å². The molecule has 0 atom stereocenters. The summed E-state index contributed by atoms with van der Waals surface area (Å²) in [7, 11) is 0. The van der Waals surface area contributed by atoms with Crippen molar-refractivity contribution in [3.05, 3.63) is 22.8 Å². The van der Waals surface area contributed by atoms with Crippen LogP contribution in [0.5, 0.6) is 5.88 Å². The highest BCUT2D eigenvalue weighted by atomic mass is 35.5. The van der Waals surface area contributed by atoms with E-state index in [0.717, 1.165) is 24.3 Å². The van der Waals surface area contributed by atoms with Gasteiger partial charge in [-0.05, 0) is 24.8 Å². The van der Waals surface area contributed by atoms with Gasteiger partial charge in [-0.1, -0.05) is 25.4 Å². The summed E-state index contributed by atoms with van der Waals surface area (Å²) in [6.07, 6.45) is 4.34. The van der Waals surface area contributed by atoms with Crippen LogP contribution in [-0.2, 0) is 0 Å². The van der Waals surface area contributed by atoms with Crippen molar-refractivity contribution in [1.29, 1.82) is 0 Å². The minimum Gasteiger partial charge on any atom is -0.474 e. The zero-order valence-electron chi connectivity index (χ0n) is 8.46. The first kappa shape index (κ1) is 9.78. The van der Waals surface area contributed by atoms with E-state index in [9.17, 15) is 0 Å². The van der Waals surface area contributed by atoms with Crippen molar-refractivity contribution in [3.8, 4) is 5.88 Å². The highest BCUT2D eigenvalue weighted by Crippen LogP contribution is 2.32. The van der Waals surface area contributed by atoms with Crippen molar-refractivity contribution in [3.63, 3.8) is 0 Å². The quantitative estimate of drug-likeness (QED) is 0.765. The van der Waals surface area contributed by atoms with E-state index >= 15 is 0 Å². The molecule has 0 saturated heterocycles. The lowest BCUT2D eigenvalue weighted by Crippen LogP contribution is -2.03. The van der Waals surface area contributed by atoms with Gasteiger partial charge in [-0.25, -0.2) is 4.98 Å². The van der Waals surface area contributed by atoms with Crippen LogP contribution in [0.2, 0.25) is 5.02 Å². The topological polar surface area (TPSA) is 22.1 Å². The van der Waals surface area contributed by atoms with Crippen molar-refractivity contribution in [1.82, 2.24) is 4.98 Å². The predicted molar refractivity (Wildman–Crippen MR) is 57.0 cm³/mol. The van der Waals surface area contributed by atoms with E-state index in [2.05, 4.69) is 18.8 Å². The van der Waals surface area contributed by atoms with Crippen LogP contribution < -0.4 is 4.74 Å². The normalized spacial score (nSPS) is 16.0. The van der Waals surface area contributed by atoms with Gasteiger partial charge >= 0.3 is 0 Å². The van der Waals surface area contributed by atoms with Crippen molar-refractivity contribution < 1.29 is 4.74 Å². The van der Waals surface area contributed by atoms with E-state index < -0.39 is 0 Å². The minimum absolute atomic E-state index is 0.390. The molecule has 14 heavy (non-hydrogen) atoms. The van der Waals surface area contributed by atoms with E-state index in [4.69, 9.17) is 16.3 Å². The van der Waals surface area contributed by atoms with Crippen LogP contribution in [0.4, 0.5) is 0 Å². The lowest BCUT2D eigenvalue weighted by atomic mass is 10.1. The molecule has 76 valence electrons. The molecule has 2 nitrogen and oxygen atoms in total. The molecule has 0 bridgehead atoms. The Morgan fingerprint density at radius 1 is 1.50 bits per heavy atom. The molecule has 3 heteroatoms. The molecule has 1 aromatic heterocycles. The van der Waals surface area contributed by atoms with Crippen LogP contribution >= 0.6 is 11.6 Å². The smallest absolute Gasteiger partial charge is 0.217 e. The summed E-state index contributed by atoms with van der Waals surface area (Å²) in [5, 5.41) is 0.678. The maximum absolute atomic E-state index is 5.90. The van der Waals surface area contributed by atoms with Gasteiger partial charge in [0.05, 0.1) is 5.02 Å². The third-order valence-electron chi connectivity index (χ3n) is 2.27. The zero-order chi connectivity index (χ0) is 10.1. The molecule has 0 aromatic carbocycles. The second kappa shape index (κ2) is 3.77. The molecule has 0 radical (unpaired) electrons. The summed E-state index contributed by atoms with van der Waals surface area (Å²) in [4.78, 5) is 4.23. The molecular formula is C11H14ClNO. The van der Waals surface area contributed by atoms with Crippen LogP contribution in [0.15, 0.2) is 12.3 Å². The van der Waals surface area contributed by atoms with E-state index in [0.29, 0.717) is 17.0 Å². The van der Waals surface area contributed by atoms with Crippen LogP contribution in [0.3, 0.4) is 0 Å². The maximum Gasteiger partial charge on any atom is 0.217 e. The molecule has 1 aliphatic rings. The second-order valence-electron chi connectivity index (χ2n) is 4.02. The number of hydrogen-bond acceptors (Lipinski definition) is 2. The molecule has 0 spiro atoms. The molecule has 0 unspecified atom stereocenters. The monoisotopic (exact) mass is 211 g/mol. The molecule has 1 aliphatic carbocycles. The standard InChI is InChI=1S/C11H14ClNO/c1-7(2)10-5-8(12)6-13-11(10)14-9-3-4-9/h5-7,9H,3-4H2,1-2H3. The maximum atomic E-state index is 5.90. The molecular weight excluding hydrogens is 198 g/mol. The summed E-state index contributed by atoms with van der Waals surface area (Å²) < 4.78 is 5.70. The highest BCUT2D eigenvalue weighted by molar-refractivity contribution is 6.30. The largest absolute Gasteiger partial charge is 0.474 e. The van der Waals surface area contributed by atoms with E-state index in [1.165, 1.54) is 0 Å². The molecule has 0 N–H and O–H groups in total.